The first-order valence-electron chi connectivity index (χ1n) is 16.2. The molecule has 0 aliphatic rings. The zero-order valence-electron chi connectivity index (χ0n) is 27.5. The number of carbonyl (C=O) groups is 2. The van der Waals surface area contributed by atoms with Crippen LogP contribution in [0.3, 0.4) is 0 Å². The van der Waals surface area contributed by atoms with E-state index in [-0.39, 0.29) is 52.9 Å². The maximum Gasteiger partial charge on any atom is 0.277 e. The van der Waals surface area contributed by atoms with Crippen LogP contribution in [-0.2, 0) is 39.1 Å². The Kier molecular flexibility index (Phi) is 12.1. The number of rotatable bonds is 16. The third-order valence-electron chi connectivity index (χ3n) is 7.94. The minimum Gasteiger partial charge on any atom is -0.355 e. The van der Waals surface area contributed by atoms with E-state index in [2.05, 4.69) is 10.0 Å². The molecule has 10 nitrogen and oxygen atoms in total. The van der Waals surface area contributed by atoms with Gasteiger partial charge >= 0.3 is 0 Å². The second-order valence-electron chi connectivity index (χ2n) is 12.2. The second kappa shape index (κ2) is 16.0. The van der Waals surface area contributed by atoms with Crippen molar-refractivity contribution in [1.29, 1.82) is 0 Å². The van der Waals surface area contributed by atoms with Gasteiger partial charge in [0.05, 0.1) is 17.0 Å². The fourth-order valence-corrected chi connectivity index (χ4v) is 6.53. The lowest BCUT2D eigenvalue weighted by Crippen LogP contribution is -2.33. The number of amides is 2. The van der Waals surface area contributed by atoms with E-state index in [0.717, 1.165) is 25.7 Å². The van der Waals surface area contributed by atoms with Crippen LogP contribution in [0.4, 0.5) is 4.39 Å². The summed E-state index contributed by atoms with van der Waals surface area (Å²) in [6.07, 6.45) is 6.24. The van der Waals surface area contributed by atoms with Gasteiger partial charge in [-0.2, -0.15) is 0 Å². The first kappa shape index (κ1) is 35.5. The molecule has 0 radical (unpaired) electrons. The average molecular weight is 666 g/mol. The number of imidazole rings is 1. The molecule has 2 N–H and O–H groups in total. The highest BCUT2D eigenvalue weighted by Gasteiger charge is 2.23. The number of halogens is 1. The number of aryl methyl sites for hydroxylation is 1. The minimum atomic E-state index is -4.21. The average Bonchev–Trinajstić information content (AvgIpc) is 3.38. The summed E-state index contributed by atoms with van der Waals surface area (Å²) in [6, 6.07) is 12.3. The number of aromatic nitrogens is 3. The van der Waals surface area contributed by atoms with Gasteiger partial charge in [-0.25, -0.2) is 22.5 Å². The molecule has 252 valence electrons. The minimum absolute atomic E-state index is 0.00939. The molecule has 2 amide bonds. The number of sulfonamides is 1. The highest BCUT2D eigenvalue weighted by molar-refractivity contribution is 7.90. The van der Waals surface area contributed by atoms with Crippen molar-refractivity contribution in [2.24, 2.45) is 5.92 Å². The van der Waals surface area contributed by atoms with Gasteiger partial charge in [-0.15, -0.1) is 0 Å². The summed E-state index contributed by atoms with van der Waals surface area (Å²) in [6.45, 7) is 8.37. The third-order valence-corrected chi connectivity index (χ3v) is 9.37. The van der Waals surface area contributed by atoms with Gasteiger partial charge in [0, 0.05) is 36.7 Å². The van der Waals surface area contributed by atoms with Gasteiger partial charge in [0.15, 0.2) is 0 Å². The van der Waals surface area contributed by atoms with Crippen molar-refractivity contribution in [2.45, 2.75) is 90.6 Å². The summed E-state index contributed by atoms with van der Waals surface area (Å²) in [5.41, 5.74) is 1.21. The molecule has 2 heterocycles. The lowest BCUT2D eigenvalue weighted by molar-refractivity contribution is -0.122. The van der Waals surface area contributed by atoms with E-state index in [1.807, 2.05) is 27.7 Å². The number of nitrogens with one attached hydrogen (secondary N) is 2. The standard InChI is InChI=1S/C35H44FN5O5S/c1-5-7-13-31-38-29-18-20-40(23-33(43)37-19-8-6-2)35(44)34(29)41(31)22-26-16-15-25(21-28(26)36)27-11-9-10-12-30(27)47(45,46)39-32(42)17-14-24(3)4/h9-12,15-16,18,20-21,24H,5-8,13-14,17,19,22-23H2,1-4H3,(H,37,43)(H,39,42). The maximum absolute atomic E-state index is 15.8. The summed E-state index contributed by atoms with van der Waals surface area (Å²) in [5, 5.41) is 2.82. The molecule has 12 heteroatoms. The molecule has 0 unspecified atom stereocenters. The number of carbonyl (C=O) groups excluding carboxylic acids is 2. The number of hydrogen-bond donors (Lipinski definition) is 2. The Morgan fingerprint density at radius 3 is 2.45 bits per heavy atom. The molecule has 2 aromatic heterocycles. The molecular formula is C35H44FN5O5S. The molecule has 0 saturated heterocycles. The number of unbranched alkanes of at least 4 members (excludes halogenated alkanes) is 2. The van der Waals surface area contributed by atoms with Gasteiger partial charge in [0.25, 0.3) is 15.6 Å². The normalized spacial score (nSPS) is 11.7. The van der Waals surface area contributed by atoms with Crippen LogP contribution in [-0.4, -0.2) is 40.9 Å². The van der Waals surface area contributed by atoms with Crippen molar-refractivity contribution in [1.82, 2.24) is 24.2 Å². The fourth-order valence-electron chi connectivity index (χ4n) is 5.29. The lowest BCUT2D eigenvalue weighted by atomic mass is 10.0. The lowest BCUT2D eigenvalue weighted by Gasteiger charge is -2.14. The van der Waals surface area contributed by atoms with Crippen molar-refractivity contribution in [3.05, 3.63) is 82.3 Å². The molecule has 0 saturated carbocycles. The van der Waals surface area contributed by atoms with Crippen molar-refractivity contribution < 1.29 is 22.4 Å². The van der Waals surface area contributed by atoms with Crippen molar-refractivity contribution in [3.63, 3.8) is 0 Å². The van der Waals surface area contributed by atoms with Crippen LogP contribution in [0, 0.1) is 11.7 Å². The number of pyridine rings is 1. The molecule has 0 spiro atoms. The van der Waals surface area contributed by atoms with Gasteiger partial charge in [-0.3, -0.25) is 14.4 Å². The van der Waals surface area contributed by atoms with Gasteiger partial charge < -0.3 is 14.5 Å². The monoisotopic (exact) mass is 665 g/mol. The van der Waals surface area contributed by atoms with E-state index in [1.54, 1.807) is 47.2 Å². The molecule has 0 aliphatic heterocycles. The fraction of sp³-hybridized carbons (Fsp3) is 0.429. The van der Waals surface area contributed by atoms with E-state index >= 15 is 4.39 Å². The summed E-state index contributed by atoms with van der Waals surface area (Å²) in [4.78, 5) is 43.1. The molecule has 47 heavy (non-hydrogen) atoms. The molecule has 0 bridgehead atoms. The zero-order valence-corrected chi connectivity index (χ0v) is 28.3. The van der Waals surface area contributed by atoms with E-state index < -0.39 is 27.3 Å². The molecular weight excluding hydrogens is 621 g/mol. The van der Waals surface area contributed by atoms with Crippen LogP contribution in [0.25, 0.3) is 22.2 Å². The Morgan fingerprint density at radius 1 is 1.00 bits per heavy atom. The van der Waals surface area contributed by atoms with Gasteiger partial charge in [-0.05, 0) is 48.9 Å². The number of nitrogens with zero attached hydrogens (tertiary/aromatic N) is 3. The largest absolute Gasteiger partial charge is 0.355 e. The maximum atomic E-state index is 15.8. The van der Waals surface area contributed by atoms with Crippen LogP contribution >= 0.6 is 0 Å². The number of fused-ring (bicyclic) bond motifs is 1. The molecule has 2 aromatic carbocycles. The SMILES string of the molecule is CCCCNC(=O)Cn1ccc2nc(CCCC)n(Cc3ccc(-c4ccccc4S(=O)(=O)NC(=O)CCC(C)C)cc3F)c2c1=O. The first-order chi connectivity index (χ1) is 22.4. The predicted octanol–water partition coefficient (Wildman–Crippen LogP) is 5.55. The summed E-state index contributed by atoms with van der Waals surface area (Å²) in [5.74, 6) is -0.584. The predicted molar refractivity (Wildman–Crippen MR) is 181 cm³/mol. The smallest absolute Gasteiger partial charge is 0.277 e. The highest BCUT2D eigenvalue weighted by Crippen LogP contribution is 2.29. The van der Waals surface area contributed by atoms with Crippen LogP contribution < -0.4 is 15.6 Å². The number of hydrogen-bond acceptors (Lipinski definition) is 6. The molecule has 0 aliphatic carbocycles. The molecule has 0 fully saturated rings. The molecule has 4 aromatic rings. The van der Waals surface area contributed by atoms with Gasteiger partial charge in [-0.1, -0.05) is 70.9 Å². The van der Waals surface area contributed by atoms with Gasteiger partial charge in [0.1, 0.15) is 23.7 Å². The van der Waals surface area contributed by atoms with Crippen molar-refractivity contribution in [3.8, 4) is 11.1 Å². The quantitative estimate of drug-likeness (QED) is 0.151. The first-order valence-corrected chi connectivity index (χ1v) is 17.7. The van der Waals surface area contributed by atoms with E-state index in [1.165, 1.54) is 16.7 Å². The zero-order chi connectivity index (χ0) is 34.1. The number of benzene rings is 2. The van der Waals surface area contributed by atoms with E-state index in [9.17, 15) is 22.8 Å². The summed E-state index contributed by atoms with van der Waals surface area (Å²) in [7, 11) is -4.21. The van der Waals surface area contributed by atoms with E-state index in [4.69, 9.17) is 4.98 Å². The molecule has 4 rings (SSSR count). The summed E-state index contributed by atoms with van der Waals surface area (Å²) >= 11 is 0. The Hall–Kier alpha value is -4.32. The Bertz CT molecular complexity index is 1900. The van der Waals surface area contributed by atoms with Gasteiger partial charge in [0.2, 0.25) is 11.8 Å². The molecule has 0 atom stereocenters. The van der Waals surface area contributed by atoms with Crippen LogP contribution in [0.5, 0.6) is 0 Å². The van der Waals surface area contributed by atoms with Crippen molar-refractivity contribution in [2.75, 3.05) is 6.54 Å². The van der Waals surface area contributed by atoms with Crippen LogP contribution in [0.2, 0.25) is 0 Å². The Balaban J connectivity index is 1.67. The highest BCUT2D eigenvalue weighted by atomic mass is 32.2. The van der Waals surface area contributed by atoms with Crippen molar-refractivity contribution >= 4 is 32.9 Å². The Morgan fingerprint density at radius 2 is 1.74 bits per heavy atom. The topological polar surface area (TPSA) is 132 Å². The second-order valence-corrected chi connectivity index (χ2v) is 13.8. The van der Waals surface area contributed by atoms with Crippen LogP contribution in [0.15, 0.2) is 64.4 Å². The Labute approximate surface area is 275 Å². The van der Waals surface area contributed by atoms with E-state index in [0.29, 0.717) is 36.3 Å². The van der Waals surface area contributed by atoms with Crippen LogP contribution in [0.1, 0.15) is 77.6 Å². The summed E-state index contributed by atoms with van der Waals surface area (Å²) < 4.78 is 47.4. The third kappa shape index (κ3) is 8.94.